The van der Waals surface area contributed by atoms with E-state index < -0.39 is 0 Å². The first-order valence-electron chi connectivity index (χ1n) is 7.64. The topological polar surface area (TPSA) is 62.5 Å². The second-order valence-electron chi connectivity index (χ2n) is 5.39. The fraction of sp³-hybridized carbons (Fsp3) is 0.438. The molecule has 1 aliphatic heterocycles. The highest BCUT2D eigenvalue weighted by molar-refractivity contribution is 5.75. The Morgan fingerprint density at radius 3 is 2.59 bits per heavy atom. The zero-order valence-electron chi connectivity index (χ0n) is 12.7. The number of piperazine rings is 1. The first-order valence-corrected chi connectivity index (χ1v) is 7.64. The molecule has 1 fully saturated rings. The predicted molar refractivity (Wildman–Crippen MR) is 81.9 cm³/mol. The highest BCUT2D eigenvalue weighted by atomic mass is 16.5. The standard InChI is InChI=1S/C16H20N4O2/c1-2-15(21)20-10-8-19(9-11-20)12-14-17-16(22-18-14)13-6-4-3-5-7-13/h3-7H,2,8-12H2,1H3. The van der Waals surface area contributed by atoms with Gasteiger partial charge < -0.3 is 9.42 Å². The molecule has 0 saturated carbocycles. The number of hydrogen-bond donors (Lipinski definition) is 0. The van der Waals surface area contributed by atoms with E-state index in [0.717, 1.165) is 31.7 Å². The maximum Gasteiger partial charge on any atom is 0.257 e. The molecule has 0 unspecified atom stereocenters. The van der Waals surface area contributed by atoms with E-state index in [4.69, 9.17) is 4.52 Å². The Morgan fingerprint density at radius 2 is 1.91 bits per heavy atom. The maximum absolute atomic E-state index is 11.7. The summed E-state index contributed by atoms with van der Waals surface area (Å²) in [6, 6.07) is 9.75. The molecule has 6 heteroatoms. The highest BCUT2D eigenvalue weighted by Gasteiger charge is 2.21. The Morgan fingerprint density at radius 1 is 1.18 bits per heavy atom. The largest absolute Gasteiger partial charge is 0.340 e. The predicted octanol–water partition coefficient (Wildman–Crippen LogP) is 1.79. The molecule has 0 bridgehead atoms. The fourth-order valence-electron chi connectivity index (χ4n) is 2.60. The molecule has 1 aliphatic rings. The minimum atomic E-state index is 0.227. The van der Waals surface area contributed by atoms with Gasteiger partial charge in [0.05, 0.1) is 6.54 Å². The van der Waals surface area contributed by atoms with Crippen molar-refractivity contribution >= 4 is 5.91 Å². The zero-order chi connectivity index (χ0) is 15.4. The second kappa shape index (κ2) is 6.70. The third-order valence-corrected chi connectivity index (χ3v) is 3.88. The summed E-state index contributed by atoms with van der Waals surface area (Å²) in [7, 11) is 0. The zero-order valence-corrected chi connectivity index (χ0v) is 12.7. The first kappa shape index (κ1) is 14.7. The second-order valence-corrected chi connectivity index (χ2v) is 5.39. The highest BCUT2D eigenvalue weighted by Crippen LogP contribution is 2.17. The van der Waals surface area contributed by atoms with Gasteiger partial charge in [-0.25, -0.2) is 0 Å². The van der Waals surface area contributed by atoms with Gasteiger partial charge in [-0.15, -0.1) is 0 Å². The van der Waals surface area contributed by atoms with Gasteiger partial charge in [-0.3, -0.25) is 9.69 Å². The van der Waals surface area contributed by atoms with E-state index in [9.17, 15) is 4.79 Å². The minimum Gasteiger partial charge on any atom is -0.340 e. The van der Waals surface area contributed by atoms with Gasteiger partial charge in [0, 0.05) is 38.2 Å². The Kier molecular flexibility index (Phi) is 4.48. The van der Waals surface area contributed by atoms with Crippen LogP contribution >= 0.6 is 0 Å². The summed E-state index contributed by atoms with van der Waals surface area (Å²) in [4.78, 5) is 20.3. The van der Waals surface area contributed by atoms with E-state index in [1.165, 1.54) is 0 Å². The molecule has 0 N–H and O–H groups in total. The van der Waals surface area contributed by atoms with Crippen molar-refractivity contribution in [3.63, 3.8) is 0 Å². The third-order valence-electron chi connectivity index (χ3n) is 3.88. The molecular formula is C16H20N4O2. The van der Waals surface area contributed by atoms with Gasteiger partial charge in [-0.1, -0.05) is 30.3 Å². The van der Waals surface area contributed by atoms with Crippen LogP contribution in [0.3, 0.4) is 0 Å². The number of carbonyl (C=O) groups excluding carboxylic acids is 1. The smallest absolute Gasteiger partial charge is 0.257 e. The van der Waals surface area contributed by atoms with Crippen molar-refractivity contribution in [3.8, 4) is 11.5 Å². The van der Waals surface area contributed by atoms with Crippen LogP contribution in [0.5, 0.6) is 0 Å². The molecular weight excluding hydrogens is 280 g/mol. The van der Waals surface area contributed by atoms with Crippen molar-refractivity contribution in [1.29, 1.82) is 0 Å². The lowest BCUT2D eigenvalue weighted by Gasteiger charge is -2.33. The summed E-state index contributed by atoms with van der Waals surface area (Å²) in [6.45, 7) is 5.80. The number of amides is 1. The van der Waals surface area contributed by atoms with Crippen molar-refractivity contribution in [2.75, 3.05) is 26.2 Å². The van der Waals surface area contributed by atoms with Crippen LogP contribution in [-0.4, -0.2) is 52.0 Å². The van der Waals surface area contributed by atoms with Gasteiger partial charge in [-0.05, 0) is 12.1 Å². The van der Waals surface area contributed by atoms with Crippen LogP contribution < -0.4 is 0 Å². The fourth-order valence-corrected chi connectivity index (χ4v) is 2.60. The molecule has 1 aromatic heterocycles. The number of rotatable bonds is 4. The number of nitrogens with zero attached hydrogens (tertiary/aromatic N) is 4. The average molecular weight is 300 g/mol. The average Bonchev–Trinajstić information content (AvgIpc) is 3.04. The van der Waals surface area contributed by atoms with Crippen LogP contribution in [0, 0.1) is 0 Å². The molecule has 2 heterocycles. The van der Waals surface area contributed by atoms with Crippen molar-refractivity contribution in [2.45, 2.75) is 19.9 Å². The molecule has 0 aliphatic carbocycles. The number of aromatic nitrogens is 2. The summed E-state index contributed by atoms with van der Waals surface area (Å²) in [6.07, 6.45) is 0.575. The molecule has 3 rings (SSSR count). The number of benzene rings is 1. The van der Waals surface area contributed by atoms with E-state index in [-0.39, 0.29) is 5.91 Å². The molecule has 2 aromatic rings. The van der Waals surface area contributed by atoms with Gasteiger partial charge >= 0.3 is 0 Å². The van der Waals surface area contributed by atoms with Crippen LogP contribution in [0.15, 0.2) is 34.9 Å². The van der Waals surface area contributed by atoms with E-state index in [2.05, 4.69) is 15.0 Å². The van der Waals surface area contributed by atoms with E-state index >= 15 is 0 Å². The Bertz CT molecular complexity index is 618. The van der Waals surface area contributed by atoms with Crippen LogP contribution in [0.4, 0.5) is 0 Å². The summed E-state index contributed by atoms with van der Waals surface area (Å²) in [5, 5.41) is 4.05. The van der Waals surface area contributed by atoms with Crippen molar-refractivity contribution in [1.82, 2.24) is 19.9 Å². The maximum atomic E-state index is 11.7. The number of hydrogen-bond acceptors (Lipinski definition) is 5. The van der Waals surface area contributed by atoms with Crippen LogP contribution in [0.1, 0.15) is 19.2 Å². The molecule has 0 radical (unpaired) electrons. The van der Waals surface area contributed by atoms with Gasteiger partial charge in [0.1, 0.15) is 0 Å². The van der Waals surface area contributed by atoms with E-state index in [1.54, 1.807) is 0 Å². The normalized spacial score (nSPS) is 16.0. The molecule has 22 heavy (non-hydrogen) atoms. The van der Waals surface area contributed by atoms with Gasteiger partial charge in [-0.2, -0.15) is 4.98 Å². The SMILES string of the molecule is CCC(=O)N1CCN(Cc2noc(-c3ccccc3)n2)CC1. The van der Waals surface area contributed by atoms with Gasteiger partial charge in [0.25, 0.3) is 5.89 Å². The molecule has 6 nitrogen and oxygen atoms in total. The van der Waals surface area contributed by atoms with Crippen LogP contribution in [0.2, 0.25) is 0 Å². The van der Waals surface area contributed by atoms with Crippen molar-refractivity contribution < 1.29 is 9.32 Å². The number of carbonyl (C=O) groups is 1. The Labute approximate surface area is 129 Å². The third kappa shape index (κ3) is 3.33. The van der Waals surface area contributed by atoms with Crippen LogP contribution in [-0.2, 0) is 11.3 Å². The monoisotopic (exact) mass is 300 g/mol. The molecule has 1 saturated heterocycles. The molecule has 1 amide bonds. The van der Waals surface area contributed by atoms with E-state index in [0.29, 0.717) is 24.7 Å². The lowest BCUT2D eigenvalue weighted by molar-refractivity contribution is -0.132. The summed E-state index contributed by atoms with van der Waals surface area (Å²) in [5.74, 6) is 1.47. The molecule has 116 valence electrons. The lowest BCUT2D eigenvalue weighted by Crippen LogP contribution is -2.48. The summed E-state index contributed by atoms with van der Waals surface area (Å²) >= 11 is 0. The summed E-state index contributed by atoms with van der Waals surface area (Å²) < 4.78 is 5.32. The van der Waals surface area contributed by atoms with Crippen molar-refractivity contribution in [2.24, 2.45) is 0 Å². The van der Waals surface area contributed by atoms with E-state index in [1.807, 2.05) is 42.2 Å². The molecule has 1 aromatic carbocycles. The first-order chi connectivity index (χ1) is 10.8. The van der Waals surface area contributed by atoms with Crippen LogP contribution in [0.25, 0.3) is 11.5 Å². The quantitative estimate of drug-likeness (QED) is 0.861. The minimum absolute atomic E-state index is 0.227. The summed E-state index contributed by atoms with van der Waals surface area (Å²) in [5.41, 5.74) is 0.930. The molecule has 0 atom stereocenters. The Hall–Kier alpha value is -2.21. The lowest BCUT2D eigenvalue weighted by atomic mass is 10.2. The van der Waals surface area contributed by atoms with Gasteiger partial charge in [0.15, 0.2) is 5.82 Å². The molecule has 0 spiro atoms. The van der Waals surface area contributed by atoms with Gasteiger partial charge in [0.2, 0.25) is 5.91 Å². The van der Waals surface area contributed by atoms with Crippen molar-refractivity contribution in [3.05, 3.63) is 36.2 Å². The Balaban J connectivity index is 1.57.